The zero-order valence-corrected chi connectivity index (χ0v) is 13.3. The number of rotatable bonds is 3. The van der Waals surface area contributed by atoms with Crippen LogP contribution in [0.25, 0.3) is 0 Å². The van der Waals surface area contributed by atoms with Crippen molar-refractivity contribution in [2.75, 3.05) is 12.3 Å². The Hall–Kier alpha value is -1.44. The molecule has 7 heteroatoms. The molecule has 112 valence electrons. The van der Waals surface area contributed by atoms with Gasteiger partial charge in [-0.05, 0) is 42.0 Å². The molecule has 0 spiro atoms. The van der Waals surface area contributed by atoms with Crippen LogP contribution in [0.5, 0.6) is 0 Å². The smallest absolute Gasteiger partial charge is 0.245 e. The first-order valence-corrected chi connectivity index (χ1v) is 9.15. The van der Waals surface area contributed by atoms with Gasteiger partial charge in [0, 0.05) is 17.6 Å². The minimum absolute atomic E-state index is 0.0949. The summed E-state index contributed by atoms with van der Waals surface area (Å²) < 4.78 is 27.3. The maximum atomic E-state index is 12.8. The highest BCUT2D eigenvalue weighted by Crippen LogP contribution is 2.38. The Morgan fingerprint density at radius 2 is 2.24 bits per heavy atom. The van der Waals surface area contributed by atoms with E-state index in [4.69, 9.17) is 5.73 Å². The summed E-state index contributed by atoms with van der Waals surface area (Å²) >= 11 is 1.70. The van der Waals surface area contributed by atoms with Crippen molar-refractivity contribution in [3.63, 3.8) is 0 Å². The van der Waals surface area contributed by atoms with Gasteiger partial charge in [0.1, 0.15) is 10.7 Å². The van der Waals surface area contributed by atoms with E-state index >= 15 is 0 Å². The number of sulfonamides is 1. The van der Waals surface area contributed by atoms with Crippen molar-refractivity contribution in [2.24, 2.45) is 0 Å². The van der Waals surface area contributed by atoms with Crippen molar-refractivity contribution in [1.82, 2.24) is 9.29 Å². The molecule has 1 aliphatic heterocycles. The van der Waals surface area contributed by atoms with E-state index in [-0.39, 0.29) is 10.9 Å². The van der Waals surface area contributed by atoms with Crippen LogP contribution in [0.15, 0.2) is 34.7 Å². The summed E-state index contributed by atoms with van der Waals surface area (Å²) in [7, 11) is -3.54. The van der Waals surface area contributed by atoms with Crippen LogP contribution < -0.4 is 5.73 Å². The second kappa shape index (κ2) is 5.40. The maximum Gasteiger partial charge on any atom is 0.245 e. The predicted octanol–water partition coefficient (Wildman–Crippen LogP) is 2.42. The Balaban J connectivity index is 2.01. The van der Waals surface area contributed by atoms with Crippen molar-refractivity contribution in [3.05, 3.63) is 40.2 Å². The van der Waals surface area contributed by atoms with Gasteiger partial charge in [0.2, 0.25) is 10.0 Å². The van der Waals surface area contributed by atoms with E-state index in [1.165, 1.54) is 23.2 Å². The molecule has 1 aliphatic rings. The Bertz CT molecular complexity index is 738. The van der Waals surface area contributed by atoms with Gasteiger partial charge in [-0.15, -0.1) is 11.3 Å². The summed E-state index contributed by atoms with van der Waals surface area (Å²) in [5, 5.41) is 2.04. The second-order valence-electron chi connectivity index (χ2n) is 5.01. The van der Waals surface area contributed by atoms with Crippen molar-refractivity contribution in [1.29, 1.82) is 0 Å². The van der Waals surface area contributed by atoms with Gasteiger partial charge in [0.05, 0.1) is 6.04 Å². The molecule has 0 amide bonds. The van der Waals surface area contributed by atoms with Gasteiger partial charge in [-0.1, -0.05) is 6.92 Å². The fraction of sp³-hybridized carbons (Fsp3) is 0.357. The SMILES string of the molecule is CCC1c2ccsc2CCN1S(=O)(=O)c1ccc(N)nc1. The molecule has 2 aromatic heterocycles. The molecule has 2 N–H and O–H groups in total. The van der Waals surface area contributed by atoms with E-state index in [9.17, 15) is 8.42 Å². The summed E-state index contributed by atoms with van der Waals surface area (Å²) in [4.78, 5) is 5.40. The van der Waals surface area contributed by atoms with E-state index < -0.39 is 10.0 Å². The molecule has 5 nitrogen and oxygen atoms in total. The van der Waals surface area contributed by atoms with E-state index in [1.54, 1.807) is 15.6 Å². The van der Waals surface area contributed by atoms with Crippen LogP contribution in [0.2, 0.25) is 0 Å². The number of aromatic nitrogens is 1. The lowest BCUT2D eigenvalue weighted by Gasteiger charge is -2.34. The van der Waals surface area contributed by atoms with Gasteiger partial charge in [0.25, 0.3) is 0 Å². The third kappa shape index (κ3) is 2.45. The molecule has 0 radical (unpaired) electrons. The first-order chi connectivity index (χ1) is 10.0. The minimum Gasteiger partial charge on any atom is -0.384 e. The molecule has 2 aromatic rings. The Labute approximate surface area is 128 Å². The maximum absolute atomic E-state index is 12.8. The normalized spacial score (nSPS) is 19.4. The third-order valence-corrected chi connectivity index (χ3v) is 6.69. The average molecular weight is 323 g/mol. The molecular formula is C14H17N3O2S2. The van der Waals surface area contributed by atoms with E-state index in [0.717, 1.165) is 18.4 Å². The number of nitrogens with two attached hydrogens (primary N) is 1. The number of hydrogen-bond acceptors (Lipinski definition) is 5. The van der Waals surface area contributed by atoms with Gasteiger partial charge >= 0.3 is 0 Å². The number of nitrogens with zero attached hydrogens (tertiary/aromatic N) is 2. The summed E-state index contributed by atoms with van der Waals surface area (Å²) in [5.74, 6) is 0.319. The highest BCUT2D eigenvalue weighted by atomic mass is 32.2. The van der Waals surface area contributed by atoms with Gasteiger partial charge < -0.3 is 5.73 Å². The summed E-state index contributed by atoms with van der Waals surface area (Å²) in [5.41, 5.74) is 6.67. The van der Waals surface area contributed by atoms with Crippen LogP contribution in [-0.4, -0.2) is 24.3 Å². The number of nitrogen functional groups attached to an aromatic ring is 1. The van der Waals surface area contributed by atoms with Crippen molar-refractivity contribution in [2.45, 2.75) is 30.7 Å². The summed E-state index contributed by atoms with van der Waals surface area (Å²) in [6, 6.07) is 4.99. The van der Waals surface area contributed by atoms with Gasteiger partial charge in [-0.3, -0.25) is 0 Å². The molecule has 3 rings (SSSR count). The highest BCUT2D eigenvalue weighted by Gasteiger charge is 2.36. The molecule has 21 heavy (non-hydrogen) atoms. The summed E-state index contributed by atoms with van der Waals surface area (Å²) in [6.07, 6.45) is 2.86. The van der Waals surface area contributed by atoms with Crippen LogP contribution in [0.4, 0.5) is 5.82 Å². The van der Waals surface area contributed by atoms with Crippen molar-refractivity contribution in [3.8, 4) is 0 Å². The van der Waals surface area contributed by atoms with Crippen LogP contribution in [0, 0.1) is 0 Å². The molecule has 1 atom stereocenters. The molecule has 0 aliphatic carbocycles. The molecule has 0 saturated carbocycles. The fourth-order valence-corrected chi connectivity index (χ4v) is 5.32. The molecular weight excluding hydrogens is 306 g/mol. The summed E-state index contributed by atoms with van der Waals surface area (Å²) in [6.45, 7) is 2.53. The lowest BCUT2D eigenvalue weighted by Crippen LogP contribution is -2.39. The molecule has 3 heterocycles. The zero-order valence-electron chi connectivity index (χ0n) is 11.7. The zero-order chi connectivity index (χ0) is 15.0. The van der Waals surface area contributed by atoms with Crippen LogP contribution in [0.1, 0.15) is 29.8 Å². The lowest BCUT2D eigenvalue weighted by molar-refractivity contribution is 0.303. The van der Waals surface area contributed by atoms with Gasteiger partial charge in [-0.2, -0.15) is 4.31 Å². The number of thiophene rings is 1. The standard InChI is InChI=1S/C14H17N3O2S2/c1-2-12-11-6-8-20-13(11)5-7-17(12)21(18,19)10-3-4-14(15)16-9-10/h3-4,6,8-9,12H,2,5,7H2,1H3,(H2,15,16). The second-order valence-corrected chi connectivity index (χ2v) is 7.90. The van der Waals surface area contributed by atoms with Crippen molar-refractivity contribution >= 4 is 27.2 Å². The quantitative estimate of drug-likeness (QED) is 0.941. The van der Waals surface area contributed by atoms with E-state index in [2.05, 4.69) is 4.98 Å². The monoisotopic (exact) mass is 323 g/mol. The fourth-order valence-electron chi connectivity index (χ4n) is 2.76. The van der Waals surface area contributed by atoms with Crippen molar-refractivity contribution < 1.29 is 8.42 Å². The molecule has 0 saturated heterocycles. The topological polar surface area (TPSA) is 76.3 Å². The Morgan fingerprint density at radius 1 is 1.43 bits per heavy atom. The van der Waals surface area contributed by atoms with E-state index in [0.29, 0.717) is 12.4 Å². The average Bonchev–Trinajstić information content (AvgIpc) is 2.95. The number of anilines is 1. The largest absolute Gasteiger partial charge is 0.384 e. The van der Waals surface area contributed by atoms with Gasteiger partial charge in [0.15, 0.2) is 0 Å². The molecule has 0 bridgehead atoms. The number of hydrogen-bond donors (Lipinski definition) is 1. The Morgan fingerprint density at radius 3 is 2.90 bits per heavy atom. The molecule has 1 unspecified atom stereocenters. The molecule has 0 aromatic carbocycles. The predicted molar refractivity (Wildman–Crippen MR) is 83.6 cm³/mol. The van der Waals surface area contributed by atoms with Crippen LogP contribution >= 0.6 is 11.3 Å². The highest BCUT2D eigenvalue weighted by molar-refractivity contribution is 7.89. The van der Waals surface area contributed by atoms with Crippen LogP contribution in [-0.2, 0) is 16.4 Å². The Kier molecular flexibility index (Phi) is 3.73. The number of pyridine rings is 1. The minimum atomic E-state index is -3.54. The first-order valence-electron chi connectivity index (χ1n) is 6.83. The van der Waals surface area contributed by atoms with Crippen LogP contribution in [0.3, 0.4) is 0 Å². The van der Waals surface area contributed by atoms with Gasteiger partial charge in [-0.25, -0.2) is 13.4 Å². The molecule has 0 fully saturated rings. The first kappa shape index (κ1) is 14.5. The lowest BCUT2D eigenvalue weighted by atomic mass is 10.0. The van der Waals surface area contributed by atoms with E-state index in [1.807, 2.05) is 18.4 Å². The number of fused-ring (bicyclic) bond motifs is 1. The third-order valence-electron chi connectivity index (χ3n) is 3.80.